The highest BCUT2D eigenvalue weighted by atomic mass is 16.5. The zero-order valence-electron chi connectivity index (χ0n) is 19.5. The summed E-state index contributed by atoms with van der Waals surface area (Å²) in [6.07, 6.45) is 1.86. The first-order chi connectivity index (χ1) is 15.8. The van der Waals surface area contributed by atoms with E-state index < -0.39 is 0 Å². The van der Waals surface area contributed by atoms with E-state index in [1.807, 2.05) is 24.3 Å². The highest BCUT2D eigenvalue weighted by Gasteiger charge is 2.24. The maximum Gasteiger partial charge on any atom is 0.261 e. The van der Waals surface area contributed by atoms with E-state index >= 15 is 0 Å². The number of nitrogens with one attached hydrogen (secondary N) is 1. The molecule has 2 aromatic carbocycles. The molecular weight excluding hydrogens is 418 g/mol. The Morgan fingerprint density at radius 1 is 1.21 bits per heavy atom. The van der Waals surface area contributed by atoms with Crippen LogP contribution in [0.15, 0.2) is 53.3 Å². The van der Waals surface area contributed by atoms with E-state index in [1.165, 1.54) is 0 Å². The van der Waals surface area contributed by atoms with Crippen LogP contribution >= 0.6 is 0 Å². The number of carbonyl (C=O) groups excluding carboxylic acids is 1. The maximum absolute atomic E-state index is 13.2. The Hall–Kier alpha value is -3.19. The first kappa shape index (κ1) is 23.0. The van der Waals surface area contributed by atoms with Gasteiger partial charge in [0.2, 0.25) is 0 Å². The highest BCUT2D eigenvalue weighted by molar-refractivity contribution is 5.78. The van der Waals surface area contributed by atoms with Crippen LogP contribution in [-0.2, 0) is 21.5 Å². The van der Waals surface area contributed by atoms with Crippen molar-refractivity contribution in [2.75, 3.05) is 19.8 Å². The molecule has 7 heteroatoms. The summed E-state index contributed by atoms with van der Waals surface area (Å²) < 4.78 is 11.6. The van der Waals surface area contributed by atoms with Gasteiger partial charge in [-0.1, -0.05) is 45.0 Å². The molecule has 1 atom stereocenters. The van der Waals surface area contributed by atoms with E-state index in [0.717, 1.165) is 18.4 Å². The van der Waals surface area contributed by atoms with Crippen LogP contribution in [-0.4, -0.2) is 46.6 Å². The van der Waals surface area contributed by atoms with Gasteiger partial charge in [0.1, 0.15) is 11.6 Å². The van der Waals surface area contributed by atoms with Crippen molar-refractivity contribution in [1.29, 1.82) is 0 Å². The van der Waals surface area contributed by atoms with E-state index in [0.29, 0.717) is 35.6 Å². The van der Waals surface area contributed by atoms with Gasteiger partial charge in [0.15, 0.2) is 6.61 Å². The molecule has 2 heterocycles. The Labute approximate surface area is 193 Å². The van der Waals surface area contributed by atoms with Crippen LogP contribution in [0.25, 0.3) is 10.9 Å². The van der Waals surface area contributed by atoms with Crippen molar-refractivity contribution in [3.05, 3.63) is 70.3 Å². The van der Waals surface area contributed by atoms with Gasteiger partial charge in [-0.05, 0) is 48.1 Å². The monoisotopic (exact) mass is 449 g/mol. The molecule has 0 spiro atoms. The molecule has 174 valence electrons. The van der Waals surface area contributed by atoms with E-state index in [9.17, 15) is 9.59 Å². The first-order valence-corrected chi connectivity index (χ1v) is 11.4. The topological polar surface area (TPSA) is 84.5 Å². The molecule has 33 heavy (non-hydrogen) atoms. The summed E-state index contributed by atoms with van der Waals surface area (Å²) in [5, 5.41) is 0.528. The summed E-state index contributed by atoms with van der Waals surface area (Å²) in [7, 11) is 0. The van der Waals surface area contributed by atoms with Crippen LogP contribution in [0.5, 0.6) is 5.75 Å². The number of rotatable bonds is 7. The van der Waals surface area contributed by atoms with Crippen molar-refractivity contribution < 1.29 is 14.3 Å². The van der Waals surface area contributed by atoms with Crippen molar-refractivity contribution >= 4 is 16.8 Å². The van der Waals surface area contributed by atoms with Gasteiger partial charge in [0.25, 0.3) is 11.5 Å². The van der Waals surface area contributed by atoms with Crippen molar-refractivity contribution in [2.45, 2.75) is 51.7 Å². The number of nitrogens with zero attached hydrogens (tertiary/aromatic N) is 2. The van der Waals surface area contributed by atoms with Crippen molar-refractivity contribution in [3.8, 4) is 5.75 Å². The average Bonchev–Trinajstić information content (AvgIpc) is 3.30. The lowest BCUT2D eigenvalue weighted by atomic mass is 9.87. The predicted molar refractivity (Wildman–Crippen MR) is 127 cm³/mol. The number of carbonyl (C=O) groups is 1. The minimum absolute atomic E-state index is 0.0111. The number of hydrogen-bond acceptors (Lipinski definition) is 5. The van der Waals surface area contributed by atoms with Crippen LogP contribution in [0.1, 0.15) is 45.0 Å². The Bertz CT molecular complexity index is 1180. The number of fused-ring (bicyclic) bond motifs is 1. The Morgan fingerprint density at radius 3 is 2.79 bits per heavy atom. The number of ether oxygens (including phenoxy) is 2. The molecule has 3 aromatic rings. The molecule has 1 unspecified atom stereocenters. The summed E-state index contributed by atoms with van der Waals surface area (Å²) in [5.74, 6) is 0.923. The number of hydrogen-bond donors (Lipinski definition) is 1. The molecule has 1 aromatic heterocycles. The highest BCUT2D eigenvalue weighted by Crippen LogP contribution is 2.25. The number of para-hydroxylation sites is 1. The third-order valence-electron chi connectivity index (χ3n) is 5.87. The normalized spacial score (nSPS) is 16.2. The van der Waals surface area contributed by atoms with E-state index in [-0.39, 0.29) is 36.1 Å². The molecule has 1 aliphatic heterocycles. The molecule has 0 saturated carbocycles. The minimum Gasteiger partial charge on any atom is -0.484 e. The van der Waals surface area contributed by atoms with Crippen LogP contribution < -0.4 is 10.3 Å². The second kappa shape index (κ2) is 9.75. The second-order valence-corrected chi connectivity index (χ2v) is 9.51. The summed E-state index contributed by atoms with van der Waals surface area (Å²) >= 11 is 0. The smallest absolute Gasteiger partial charge is 0.261 e. The fraction of sp³-hybridized carbons (Fsp3) is 0.423. The average molecular weight is 450 g/mol. The molecule has 1 N–H and O–H groups in total. The van der Waals surface area contributed by atoms with Crippen LogP contribution in [0.2, 0.25) is 0 Å². The van der Waals surface area contributed by atoms with E-state index in [4.69, 9.17) is 9.47 Å². The molecule has 7 nitrogen and oxygen atoms in total. The first-order valence-electron chi connectivity index (χ1n) is 11.4. The molecule has 1 aliphatic rings. The van der Waals surface area contributed by atoms with E-state index in [1.54, 1.807) is 23.1 Å². The van der Waals surface area contributed by atoms with Gasteiger partial charge in [-0.3, -0.25) is 9.59 Å². The molecule has 4 rings (SSSR count). The fourth-order valence-corrected chi connectivity index (χ4v) is 3.97. The number of H-pyrrole nitrogens is 1. The van der Waals surface area contributed by atoms with Crippen molar-refractivity contribution in [1.82, 2.24) is 14.9 Å². The van der Waals surface area contributed by atoms with Gasteiger partial charge in [0, 0.05) is 13.2 Å². The zero-order valence-corrected chi connectivity index (χ0v) is 19.5. The molecule has 1 fully saturated rings. The maximum atomic E-state index is 13.2. The minimum atomic E-state index is -0.213. The summed E-state index contributed by atoms with van der Waals surface area (Å²) in [5.41, 5.74) is 1.52. The Balaban J connectivity index is 1.50. The zero-order chi connectivity index (χ0) is 23.4. The molecule has 0 radical (unpaired) electrons. The lowest BCUT2D eigenvalue weighted by Gasteiger charge is -2.25. The van der Waals surface area contributed by atoms with Gasteiger partial charge >= 0.3 is 0 Å². The summed E-state index contributed by atoms with van der Waals surface area (Å²) in [4.78, 5) is 34.7. The van der Waals surface area contributed by atoms with Gasteiger partial charge in [-0.25, -0.2) is 4.98 Å². The number of amides is 1. The Kier molecular flexibility index (Phi) is 6.79. The lowest BCUT2D eigenvalue weighted by molar-refractivity contribution is -0.135. The SMILES string of the molecule is CC(C)(C)c1cccc(OCC(=O)N(Cc2nc3ccccc3c(=O)[nH]2)CC2CCCO2)c1. The second-order valence-electron chi connectivity index (χ2n) is 9.51. The largest absolute Gasteiger partial charge is 0.484 e. The van der Waals surface area contributed by atoms with E-state index in [2.05, 4.69) is 36.8 Å². The summed E-state index contributed by atoms with van der Waals surface area (Å²) in [6.45, 7) is 7.63. The van der Waals surface area contributed by atoms with Crippen molar-refractivity contribution in [2.24, 2.45) is 0 Å². The standard InChI is InChI=1S/C26H31N3O4/c1-26(2,3)18-8-6-9-19(14-18)33-17-24(30)29(15-20-10-7-13-32-20)16-23-27-22-12-5-4-11-21(22)25(31)28-23/h4-6,8-9,11-12,14,20H,7,10,13,15-17H2,1-3H3,(H,27,28,31). The fourth-order valence-electron chi connectivity index (χ4n) is 3.97. The lowest BCUT2D eigenvalue weighted by Crippen LogP contribution is -2.40. The van der Waals surface area contributed by atoms with Gasteiger partial charge in [-0.15, -0.1) is 0 Å². The Morgan fingerprint density at radius 2 is 2.03 bits per heavy atom. The van der Waals surface area contributed by atoms with Crippen LogP contribution in [0, 0.1) is 0 Å². The number of benzene rings is 2. The van der Waals surface area contributed by atoms with Crippen LogP contribution in [0.3, 0.4) is 0 Å². The molecule has 1 amide bonds. The third-order valence-corrected chi connectivity index (χ3v) is 5.87. The number of aromatic nitrogens is 2. The van der Waals surface area contributed by atoms with Crippen LogP contribution in [0.4, 0.5) is 0 Å². The summed E-state index contributed by atoms with van der Waals surface area (Å²) in [6, 6.07) is 15.0. The molecular formula is C26H31N3O4. The predicted octanol–water partition coefficient (Wildman–Crippen LogP) is 3.81. The molecule has 0 aliphatic carbocycles. The quantitative estimate of drug-likeness (QED) is 0.593. The third kappa shape index (κ3) is 5.79. The van der Waals surface area contributed by atoms with Gasteiger partial charge < -0.3 is 19.4 Å². The molecule has 1 saturated heterocycles. The number of aromatic amines is 1. The van der Waals surface area contributed by atoms with Gasteiger partial charge in [0.05, 0.1) is 23.6 Å². The van der Waals surface area contributed by atoms with Gasteiger partial charge in [-0.2, -0.15) is 0 Å². The molecule has 0 bridgehead atoms. The van der Waals surface area contributed by atoms with Crippen molar-refractivity contribution in [3.63, 3.8) is 0 Å².